The van der Waals surface area contributed by atoms with Crippen molar-refractivity contribution in [2.75, 3.05) is 13.2 Å². The zero-order valence-corrected chi connectivity index (χ0v) is 11.7. The van der Waals surface area contributed by atoms with Crippen LogP contribution in [-0.4, -0.2) is 18.1 Å². The summed E-state index contributed by atoms with van der Waals surface area (Å²) in [4.78, 5) is 5.05. The minimum Gasteiger partial charge on any atom is -0.492 e. The first kappa shape index (κ1) is 12.7. The highest BCUT2D eigenvalue weighted by Crippen LogP contribution is 2.25. The van der Waals surface area contributed by atoms with E-state index in [4.69, 9.17) is 10.5 Å². The summed E-state index contributed by atoms with van der Waals surface area (Å²) < 4.78 is 5.78. The second-order valence-electron chi connectivity index (χ2n) is 4.74. The topological polar surface area (TPSA) is 38.5 Å². The van der Waals surface area contributed by atoms with E-state index in [0.29, 0.717) is 6.54 Å². The average molecular weight is 274 g/mol. The summed E-state index contributed by atoms with van der Waals surface area (Å²) in [5.74, 6) is 1.03. The molecule has 0 atom stereocenters. The molecule has 3 nitrogen and oxygen atoms in total. The van der Waals surface area contributed by atoms with Crippen LogP contribution in [0.4, 0.5) is 0 Å². The van der Waals surface area contributed by atoms with Crippen molar-refractivity contribution in [3.63, 3.8) is 0 Å². The summed E-state index contributed by atoms with van der Waals surface area (Å²) >= 11 is 1.81. The lowest BCUT2D eigenvalue weighted by atomic mass is 10.2. The summed E-state index contributed by atoms with van der Waals surface area (Å²) in [6.45, 7) is 4.28. The Kier molecular flexibility index (Phi) is 3.82. The zero-order chi connectivity index (χ0) is 13.1. The lowest BCUT2D eigenvalue weighted by Gasteiger charge is -2.18. The van der Waals surface area contributed by atoms with Gasteiger partial charge in [-0.05, 0) is 18.2 Å². The fraction of sp³-hybridized carbons (Fsp3) is 0.333. The molecular formula is C15H18N2OS. The van der Waals surface area contributed by atoms with E-state index in [9.17, 15) is 0 Å². The first-order valence-corrected chi connectivity index (χ1v) is 7.37. The number of rotatable bonds is 3. The van der Waals surface area contributed by atoms with E-state index in [1.807, 2.05) is 17.4 Å². The quantitative estimate of drug-likeness (QED) is 0.935. The molecule has 2 aromatic rings. The molecule has 0 bridgehead atoms. The second kappa shape index (κ2) is 5.74. The fourth-order valence-electron chi connectivity index (χ4n) is 2.35. The van der Waals surface area contributed by atoms with Crippen molar-refractivity contribution in [2.45, 2.75) is 19.6 Å². The molecule has 2 N–H and O–H groups in total. The van der Waals surface area contributed by atoms with E-state index in [0.717, 1.165) is 32.0 Å². The van der Waals surface area contributed by atoms with Gasteiger partial charge in [-0.3, -0.25) is 4.90 Å². The SMILES string of the molecule is NCc1ccc(CN2CCOc3ccccc3C2)s1. The summed E-state index contributed by atoms with van der Waals surface area (Å²) in [7, 11) is 0. The Balaban J connectivity index is 1.72. The third-order valence-corrected chi connectivity index (χ3v) is 4.42. The van der Waals surface area contributed by atoms with Crippen LogP contribution in [0.25, 0.3) is 0 Å². The Bertz CT molecular complexity index is 553. The lowest BCUT2D eigenvalue weighted by Crippen LogP contribution is -2.24. The van der Waals surface area contributed by atoms with E-state index >= 15 is 0 Å². The van der Waals surface area contributed by atoms with Gasteiger partial charge in [-0.1, -0.05) is 18.2 Å². The van der Waals surface area contributed by atoms with Crippen molar-refractivity contribution in [2.24, 2.45) is 5.73 Å². The normalized spacial score (nSPS) is 15.6. The molecule has 1 aliphatic heterocycles. The van der Waals surface area contributed by atoms with Gasteiger partial charge >= 0.3 is 0 Å². The summed E-state index contributed by atoms with van der Waals surface area (Å²) in [5.41, 5.74) is 6.94. The molecule has 0 unspecified atom stereocenters. The van der Waals surface area contributed by atoms with Crippen molar-refractivity contribution in [3.05, 3.63) is 51.7 Å². The lowest BCUT2D eigenvalue weighted by molar-refractivity contribution is 0.221. The fourth-order valence-corrected chi connectivity index (χ4v) is 3.29. The third-order valence-electron chi connectivity index (χ3n) is 3.33. The van der Waals surface area contributed by atoms with Crippen LogP contribution < -0.4 is 10.5 Å². The van der Waals surface area contributed by atoms with Gasteiger partial charge in [0.1, 0.15) is 12.4 Å². The standard InChI is InChI=1S/C15H18N2OS/c16-9-13-5-6-14(19-13)11-17-7-8-18-15-4-2-1-3-12(15)10-17/h1-6H,7-11,16H2. The van der Waals surface area contributed by atoms with Crippen LogP contribution in [0.3, 0.4) is 0 Å². The molecule has 19 heavy (non-hydrogen) atoms. The molecule has 3 rings (SSSR count). The van der Waals surface area contributed by atoms with Crippen LogP contribution in [-0.2, 0) is 19.6 Å². The Morgan fingerprint density at radius 3 is 2.84 bits per heavy atom. The minimum atomic E-state index is 0.636. The van der Waals surface area contributed by atoms with Crippen molar-refractivity contribution >= 4 is 11.3 Å². The largest absolute Gasteiger partial charge is 0.492 e. The first-order chi connectivity index (χ1) is 9.35. The van der Waals surface area contributed by atoms with Gasteiger partial charge in [0.25, 0.3) is 0 Å². The molecule has 1 aromatic carbocycles. The number of thiophene rings is 1. The molecule has 1 aliphatic rings. The maximum atomic E-state index is 5.78. The molecule has 0 saturated heterocycles. The van der Waals surface area contributed by atoms with E-state index in [-0.39, 0.29) is 0 Å². The third kappa shape index (κ3) is 2.97. The van der Waals surface area contributed by atoms with Crippen LogP contribution in [0, 0.1) is 0 Å². The molecule has 0 radical (unpaired) electrons. The molecule has 0 aliphatic carbocycles. The van der Waals surface area contributed by atoms with E-state index in [1.165, 1.54) is 15.3 Å². The number of fused-ring (bicyclic) bond motifs is 1. The van der Waals surface area contributed by atoms with Gasteiger partial charge < -0.3 is 10.5 Å². The number of benzene rings is 1. The van der Waals surface area contributed by atoms with Gasteiger partial charge in [-0.25, -0.2) is 0 Å². The van der Waals surface area contributed by atoms with Crippen molar-refractivity contribution in [3.8, 4) is 5.75 Å². The molecule has 4 heteroatoms. The smallest absolute Gasteiger partial charge is 0.123 e. The summed E-state index contributed by atoms with van der Waals surface area (Å²) in [6, 6.07) is 12.6. The highest BCUT2D eigenvalue weighted by Gasteiger charge is 2.15. The highest BCUT2D eigenvalue weighted by molar-refractivity contribution is 7.11. The maximum absolute atomic E-state index is 5.78. The number of hydrogen-bond acceptors (Lipinski definition) is 4. The van der Waals surface area contributed by atoms with Crippen molar-refractivity contribution < 1.29 is 4.74 Å². The molecule has 100 valence electrons. The molecule has 0 amide bonds. The molecule has 0 spiro atoms. The number of ether oxygens (including phenoxy) is 1. The molecule has 0 saturated carbocycles. The Morgan fingerprint density at radius 2 is 2.00 bits per heavy atom. The van der Waals surface area contributed by atoms with Crippen LogP contribution >= 0.6 is 11.3 Å². The number of nitrogens with zero attached hydrogens (tertiary/aromatic N) is 1. The molecule has 2 heterocycles. The minimum absolute atomic E-state index is 0.636. The molecular weight excluding hydrogens is 256 g/mol. The van der Waals surface area contributed by atoms with Crippen LogP contribution in [0.1, 0.15) is 15.3 Å². The summed E-state index contributed by atoms with van der Waals surface area (Å²) in [6.07, 6.45) is 0. The van der Waals surface area contributed by atoms with Gasteiger partial charge in [0.05, 0.1) is 0 Å². The Labute approximate surface area is 117 Å². The van der Waals surface area contributed by atoms with Crippen LogP contribution in [0.5, 0.6) is 5.75 Å². The predicted octanol–water partition coefficient (Wildman–Crippen LogP) is 2.60. The number of hydrogen-bond donors (Lipinski definition) is 1. The maximum Gasteiger partial charge on any atom is 0.123 e. The van der Waals surface area contributed by atoms with Gasteiger partial charge in [-0.2, -0.15) is 0 Å². The summed E-state index contributed by atoms with van der Waals surface area (Å²) in [5, 5.41) is 0. The van der Waals surface area contributed by atoms with E-state index in [2.05, 4.69) is 35.2 Å². The average Bonchev–Trinajstić information content (AvgIpc) is 2.78. The Morgan fingerprint density at radius 1 is 1.16 bits per heavy atom. The van der Waals surface area contributed by atoms with Gasteiger partial charge in [0, 0.05) is 41.5 Å². The predicted molar refractivity (Wildman–Crippen MR) is 78.3 cm³/mol. The van der Waals surface area contributed by atoms with E-state index < -0.39 is 0 Å². The second-order valence-corrected chi connectivity index (χ2v) is 5.99. The van der Waals surface area contributed by atoms with Crippen LogP contribution in [0.2, 0.25) is 0 Å². The van der Waals surface area contributed by atoms with Gasteiger partial charge in [0.2, 0.25) is 0 Å². The van der Waals surface area contributed by atoms with E-state index in [1.54, 1.807) is 0 Å². The zero-order valence-electron chi connectivity index (χ0n) is 10.8. The first-order valence-electron chi connectivity index (χ1n) is 6.56. The monoisotopic (exact) mass is 274 g/mol. The highest BCUT2D eigenvalue weighted by atomic mass is 32.1. The van der Waals surface area contributed by atoms with Gasteiger partial charge in [0.15, 0.2) is 0 Å². The Hall–Kier alpha value is -1.36. The van der Waals surface area contributed by atoms with Crippen molar-refractivity contribution in [1.82, 2.24) is 4.90 Å². The van der Waals surface area contributed by atoms with Gasteiger partial charge in [-0.15, -0.1) is 11.3 Å². The molecule has 1 aromatic heterocycles. The number of para-hydroxylation sites is 1. The van der Waals surface area contributed by atoms with Crippen molar-refractivity contribution in [1.29, 1.82) is 0 Å². The molecule has 0 fully saturated rings. The van der Waals surface area contributed by atoms with Crippen LogP contribution in [0.15, 0.2) is 36.4 Å². The number of nitrogens with two attached hydrogens (primary N) is 1.